The summed E-state index contributed by atoms with van der Waals surface area (Å²) in [6, 6.07) is 4.41. The second kappa shape index (κ2) is 6.37. The van der Waals surface area contributed by atoms with Gasteiger partial charge in [-0.1, -0.05) is 29.9 Å². The minimum Gasteiger partial charge on any atom is -0.389 e. The van der Waals surface area contributed by atoms with Crippen LogP contribution in [0.3, 0.4) is 0 Å². The van der Waals surface area contributed by atoms with Crippen LogP contribution < -0.4 is 10.5 Å². The molecule has 0 unspecified atom stereocenters. The Balaban J connectivity index is 2.26. The molecule has 112 valence electrons. The maximum Gasteiger partial charge on any atom is 0.242 e. The Hall–Kier alpha value is -1.06. The zero-order valence-corrected chi connectivity index (χ0v) is 14.2. The molecule has 1 heterocycles. The number of nitrogens with zero attached hydrogens (tertiary/aromatic N) is 1. The molecule has 0 fully saturated rings. The average Bonchev–Trinajstić information content (AvgIpc) is 2.82. The summed E-state index contributed by atoms with van der Waals surface area (Å²) in [5.74, 6) is 0. The molecule has 3 N–H and O–H groups in total. The number of nitrogens with two attached hydrogens (primary N) is 1. The number of hydrogen-bond donors (Lipinski definition) is 2. The van der Waals surface area contributed by atoms with Crippen LogP contribution in [0, 0.1) is 6.92 Å². The summed E-state index contributed by atoms with van der Waals surface area (Å²) in [4.78, 5) is 4.95. The molecular weight excluding hydrogens is 350 g/mol. The van der Waals surface area contributed by atoms with Gasteiger partial charge in [-0.25, -0.2) is 18.1 Å². The van der Waals surface area contributed by atoms with Gasteiger partial charge in [-0.2, -0.15) is 0 Å². The summed E-state index contributed by atoms with van der Waals surface area (Å²) in [6.45, 7) is 2.01. The number of aryl methyl sites for hydroxylation is 1. The Morgan fingerprint density at radius 3 is 2.81 bits per heavy atom. The molecule has 0 spiro atoms. The number of thiazole rings is 1. The molecule has 0 atom stereocenters. The van der Waals surface area contributed by atoms with E-state index in [1.165, 1.54) is 23.5 Å². The molecule has 2 rings (SSSR count). The largest absolute Gasteiger partial charge is 0.389 e. The summed E-state index contributed by atoms with van der Waals surface area (Å²) in [5.41, 5.74) is 5.96. The van der Waals surface area contributed by atoms with Crippen LogP contribution in [-0.4, -0.2) is 18.4 Å². The second-order valence-corrected chi connectivity index (χ2v) is 8.08. The lowest BCUT2D eigenvalue weighted by molar-refractivity contribution is 0.582. The lowest BCUT2D eigenvalue weighted by Gasteiger charge is -2.09. The van der Waals surface area contributed by atoms with Crippen LogP contribution in [0.2, 0.25) is 5.02 Å². The number of benzene rings is 1. The first-order valence-corrected chi connectivity index (χ1v) is 8.88. The Morgan fingerprint density at radius 1 is 1.52 bits per heavy atom. The number of hydrogen-bond acceptors (Lipinski definition) is 5. The zero-order valence-electron chi connectivity index (χ0n) is 11.0. The third kappa shape index (κ3) is 3.98. The fourth-order valence-electron chi connectivity index (χ4n) is 1.59. The second-order valence-electron chi connectivity index (χ2n) is 4.18. The SMILES string of the molecule is Cc1ncc(CNS(=O)(=O)c2cc(C(N)=S)ccc2Cl)s1. The van der Waals surface area contributed by atoms with Gasteiger partial charge in [0, 0.05) is 23.2 Å². The van der Waals surface area contributed by atoms with Gasteiger partial charge in [0.15, 0.2) is 0 Å². The van der Waals surface area contributed by atoms with E-state index in [9.17, 15) is 8.42 Å². The minimum absolute atomic E-state index is 0.0456. The Morgan fingerprint density at radius 2 is 2.24 bits per heavy atom. The highest BCUT2D eigenvalue weighted by Gasteiger charge is 2.19. The molecule has 0 aliphatic heterocycles. The van der Waals surface area contributed by atoms with Gasteiger partial charge in [0.2, 0.25) is 10.0 Å². The first kappa shape index (κ1) is 16.3. The standard InChI is InChI=1S/C12H12ClN3O2S3/c1-7-15-5-9(20-7)6-16-21(17,18)11-4-8(12(14)19)2-3-10(11)13/h2-5,16H,6H2,1H3,(H2,14,19). The Labute approximate surface area is 137 Å². The van der Waals surface area contributed by atoms with E-state index >= 15 is 0 Å². The number of halogens is 1. The lowest BCUT2D eigenvalue weighted by Crippen LogP contribution is -2.23. The van der Waals surface area contributed by atoms with Gasteiger partial charge in [-0.05, 0) is 19.1 Å². The van der Waals surface area contributed by atoms with E-state index < -0.39 is 10.0 Å². The van der Waals surface area contributed by atoms with Crippen LogP contribution in [0.4, 0.5) is 0 Å². The van der Waals surface area contributed by atoms with Crippen molar-refractivity contribution in [2.45, 2.75) is 18.4 Å². The van der Waals surface area contributed by atoms with E-state index in [4.69, 9.17) is 29.6 Å². The molecule has 5 nitrogen and oxygen atoms in total. The number of rotatable bonds is 5. The summed E-state index contributed by atoms with van der Waals surface area (Å²) in [5, 5.41) is 0.987. The highest BCUT2D eigenvalue weighted by atomic mass is 35.5. The maximum absolute atomic E-state index is 12.3. The predicted molar refractivity (Wildman–Crippen MR) is 88.2 cm³/mol. The van der Waals surface area contributed by atoms with Crippen molar-refractivity contribution in [3.8, 4) is 0 Å². The van der Waals surface area contributed by atoms with Crippen LogP contribution in [0.15, 0.2) is 29.3 Å². The van der Waals surface area contributed by atoms with Crippen molar-refractivity contribution >= 4 is 50.2 Å². The van der Waals surface area contributed by atoms with Crippen LogP contribution in [0.5, 0.6) is 0 Å². The fourth-order valence-corrected chi connectivity index (χ4v) is 4.08. The number of nitrogens with one attached hydrogen (secondary N) is 1. The third-order valence-electron chi connectivity index (χ3n) is 2.61. The normalized spacial score (nSPS) is 11.5. The topological polar surface area (TPSA) is 85.1 Å². The Bertz CT molecular complexity index is 787. The van der Waals surface area contributed by atoms with Gasteiger partial charge in [-0.15, -0.1) is 11.3 Å². The number of aromatic nitrogens is 1. The van der Waals surface area contributed by atoms with Crippen molar-refractivity contribution in [1.82, 2.24) is 9.71 Å². The first-order valence-electron chi connectivity index (χ1n) is 5.80. The van der Waals surface area contributed by atoms with E-state index in [0.717, 1.165) is 9.88 Å². The van der Waals surface area contributed by atoms with Crippen molar-refractivity contribution in [2.75, 3.05) is 0 Å². The average molecular weight is 362 g/mol. The van der Waals surface area contributed by atoms with Crippen LogP contribution in [-0.2, 0) is 16.6 Å². The lowest BCUT2D eigenvalue weighted by atomic mass is 10.2. The monoisotopic (exact) mass is 361 g/mol. The van der Waals surface area contributed by atoms with Crippen molar-refractivity contribution < 1.29 is 8.42 Å². The molecule has 0 aliphatic carbocycles. The summed E-state index contributed by atoms with van der Waals surface area (Å²) >= 11 is 12.2. The van der Waals surface area contributed by atoms with Gasteiger partial charge in [0.05, 0.1) is 10.0 Å². The van der Waals surface area contributed by atoms with E-state index in [2.05, 4.69) is 9.71 Å². The van der Waals surface area contributed by atoms with E-state index in [1.807, 2.05) is 6.92 Å². The fraction of sp³-hybridized carbons (Fsp3) is 0.167. The molecule has 0 saturated heterocycles. The van der Waals surface area contributed by atoms with Crippen LogP contribution >= 0.6 is 35.2 Å². The molecule has 1 aromatic carbocycles. The summed E-state index contributed by atoms with van der Waals surface area (Å²) in [7, 11) is -3.75. The molecule has 0 aliphatic rings. The zero-order chi connectivity index (χ0) is 15.6. The number of sulfonamides is 1. The summed E-state index contributed by atoms with van der Waals surface area (Å²) < 4.78 is 27.1. The van der Waals surface area contributed by atoms with Crippen molar-refractivity contribution in [3.05, 3.63) is 44.9 Å². The van der Waals surface area contributed by atoms with Crippen LogP contribution in [0.25, 0.3) is 0 Å². The van der Waals surface area contributed by atoms with Crippen LogP contribution in [0.1, 0.15) is 15.4 Å². The predicted octanol–water partition coefficient (Wildman–Crippen LogP) is 2.22. The van der Waals surface area contributed by atoms with E-state index in [-0.39, 0.29) is 21.5 Å². The van der Waals surface area contributed by atoms with Crippen molar-refractivity contribution in [3.63, 3.8) is 0 Å². The molecule has 1 aromatic heterocycles. The minimum atomic E-state index is -3.75. The highest BCUT2D eigenvalue weighted by molar-refractivity contribution is 7.89. The summed E-state index contributed by atoms with van der Waals surface area (Å²) in [6.07, 6.45) is 1.63. The molecule has 2 aromatic rings. The number of thiocarbonyl (C=S) groups is 1. The quantitative estimate of drug-likeness (QED) is 0.797. The maximum atomic E-state index is 12.3. The molecule has 21 heavy (non-hydrogen) atoms. The van der Waals surface area contributed by atoms with Gasteiger partial charge in [0.25, 0.3) is 0 Å². The third-order valence-corrected chi connectivity index (χ3v) is 5.64. The van der Waals surface area contributed by atoms with Crippen molar-refractivity contribution in [1.29, 1.82) is 0 Å². The smallest absolute Gasteiger partial charge is 0.242 e. The molecule has 0 radical (unpaired) electrons. The van der Waals surface area contributed by atoms with Crippen molar-refractivity contribution in [2.24, 2.45) is 5.73 Å². The van der Waals surface area contributed by atoms with Gasteiger partial charge >= 0.3 is 0 Å². The van der Waals surface area contributed by atoms with Gasteiger partial charge in [-0.3, -0.25) is 0 Å². The Kier molecular flexibility index (Phi) is 4.95. The van der Waals surface area contributed by atoms with E-state index in [0.29, 0.717) is 5.56 Å². The molecule has 9 heteroatoms. The van der Waals surface area contributed by atoms with E-state index in [1.54, 1.807) is 12.3 Å². The molecule has 0 bridgehead atoms. The first-order chi connectivity index (χ1) is 9.79. The molecule has 0 saturated carbocycles. The van der Waals surface area contributed by atoms with Gasteiger partial charge < -0.3 is 5.73 Å². The molecule has 0 amide bonds. The highest BCUT2D eigenvalue weighted by Crippen LogP contribution is 2.23. The van der Waals surface area contributed by atoms with Gasteiger partial charge in [0.1, 0.15) is 9.88 Å². The molecular formula is C12H12ClN3O2S3.